The molecule has 1 heterocycles. The summed E-state index contributed by atoms with van der Waals surface area (Å²) in [5, 5.41) is 0. The molecule has 4 heteroatoms. The van der Waals surface area contributed by atoms with Gasteiger partial charge in [0.15, 0.2) is 0 Å². The zero-order valence-electron chi connectivity index (χ0n) is 11.6. The number of piperazine rings is 1. The van der Waals surface area contributed by atoms with E-state index < -0.39 is 0 Å². The molecule has 4 nitrogen and oxygen atoms in total. The molecule has 2 N–H and O–H groups in total. The molecule has 2 atom stereocenters. The molecule has 1 aromatic carbocycles. The molecule has 1 aliphatic carbocycles. The van der Waals surface area contributed by atoms with Crippen molar-refractivity contribution in [3.8, 4) is 0 Å². The number of benzene rings is 1. The monoisotopic (exact) mass is 271 g/mol. The molecule has 0 aromatic heterocycles. The van der Waals surface area contributed by atoms with Gasteiger partial charge in [0.2, 0.25) is 5.91 Å². The van der Waals surface area contributed by atoms with E-state index in [1.165, 1.54) is 5.69 Å². The van der Waals surface area contributed by atoms with E-state index >= 15 is 0 Å². The zero-order chi connectivity index (χ0) is 13.9. The van der Waals surface area contributed by atoms with Crippen LogP contribution in [0.2, 0.25) is 0 Å². The molecule has 0 spiro atoms. The molecule has 2 unspecified atom stereocenters. The first-order valence-electron chi connectivity index (χ1n) is 7.27. The first-order valence-corrected chi connectivity index (χ1v) is 7.27. The van der Waals surface area contributed by atoms with E-state index in [4.69, 9.17) is 5.73 Å². The highest BCUT2D eigenvalue weighted by atomic mass is 16.2. The summed E-state index contributed by atoms with van der Waals surface area (Å²) < 4.78 is 0. The number of rotatable bonds is 2. The molecular formula is C16H21N3O. The summed E-state index contributed by atoms with van der Waals surface area (Å²) >= 11 is 0. The lowest BCUT2D eigenvalue weighted by Gasteiger charge is -2.37. The molecule has 1 aliphatic heterocycles. The van der Waals surface area contributed by atoms with Crippen LogP contribution in [0.25, 0.3) is 0 Å². The number of para-hydroxylation sites is 1. The van der Waals surface area contributed by atoms with E-state index in [0.29, 0.717) is 0 Å². The minimum Gasteiger partial charge on any atom is -0.368 e. The third-order valence-electron chi connectivity index (χ3n) is 4.15. The Bertz CT molecular complexity index is 492. The standard InChI is InChI=1S/C16H21N3O/c17-14-7-6-13(12-14)16(20)19-10-8-18(9-11-19)15-4-2-1-3-5-15/h1-7,13-14H,8-12,17H2. The van der Waals surface area contributed by atoms with Gasteiger partial charge in [0.1, 0.15) is 0 Å². The Morgan fingerprint density at radius 1 is 1.05 bits per heavy atom. The smallest absolute Gasteiger partial charge is 0.229 e. The molecule has 1 amide bonds. The highest BCUT2D eigenvalue weighted by Gasteiger charge is 2.29. The van der Waals surface area contributed by atoms with E-state index in [0.717, 1.165) is 32.6 Å². The van der Waals surface area contributed by atoms with Crippen molar-refractivity contribution < 1.29 is 4.79 Å². The molecule has 0 saturated carbocycles. The molecule has 20 heavy (non-hydrogen) atoms. The van der Waals surface area contributed by atoms with Crippen LogP contribution in [0.4, 0.5) is 5.69 Å². The fourth-order valence-corrected chi connectivity index (χ4v) is 2.97. The fraction of sp³-hybridized carbons (Fsp3) is 0.438. The highest BCUT2D eigenvalue weighted by molar-refractivity contribution is 5.81. The lowest BCUT2D eigenvalue weighted by Crippen LogP contribution is -2.50. The molecule has 2 aliphatic rings. The van der Waals surface area contributed by atoms with Crippen molar-refractivity contribution in [1.82, 2.24) is 4.90 Å². The minimum absolute atomic E-state index is 0.00623. The normalized spacial score (nSPS) is 26.1. The summed E-state index contributed by atoms with van der Waals surface area (Å²) in [4.78, 5) is 16.7. The molecule has 1 saturated heterocycles. The van der Waals surface area contributed by atoms with E-state index in [1.807, 2.05) is 23.1 Å². The summed E-state index contributed by atoms with van der Waals surface area (Å²) in [7, 11) is 0. The van der Waals surface area contributed by atoms with Crippen LogP contribution in [0, 0.1) is 5.92 Å². The van der Waals surface area contributed by atoms with Crippen LogP contribution < -0.4 is 10.6 Å². The number of carbonyl (C=O) groups excluding carboxylic acids is 1. The van der Waals surface area contributed by atoms with E-state index in [2.05, 4.69) is 29.2 Å². The highest BCUT2D eigenvalue weighted by Crippen LogP contribution is 2.21. The van der Waals surface area contributed by atoms with E-state index in [-0.39, 0.29) is 17.9 Å². The van der Waals surface area contributed by atoms with Crippen LogP contribution in [-0.2, 0) is 4.79 Å². The van der Waals surface area contributed by atoms with Gasteiger partial charge in [-0.15, -0.1) is 0 Å². The topological polar surface area (TPSA) is 49.6 Å². The summed E-state index contributed by atoms with van der Waals surface area (Å²) in [6.45, 7) is 3.40. The Kier molecular flexibility index (Phi) is 3.74. The van der Waals surface area contributed by atoms with Gasteiger partial charge in [-0.1, -0.05) is 30.4 Å². The first-order chi connectivity index (χ1) is 9.74. The number of nitrogens with zero attached hydrogens (tertiary/aromatic N) is 2. The molecule has 3 rings (SSSR count). The molecule has 106 valence electrons. The number of hydrogen-bond donors (Lipinski definition) is 1. The maximum atomic E-state index is 12.4. The van der Waals surface area contributed by atoms with Gasteiger partial charge in [0, 0.05) is 37.9 Å². The van der Waals surface area contributed by atoms with Gasteiger partial charge in [-0.05, 0) is 18.6 Å². The van der Waals surface area contributed by atoms with Gasteiger partial charge in [0.05, 0.1) is 5.92 Å². The van der Waals surface area contributed by atoms with Crippen LogP contribution in [0.5, 0.6) is 0 Å². The van der Waals surface area contributed by atoms with Crippen LogP contribution >= 0.6 is 0 Å². The van der Waals surface area contributed by atoms with Gasteiger partial charge in [-0.3, -0.25) is 4.79 Å². The van der Waals surface area contributed by atoms with Gasteiger partial charge in [-0.25, -0.2) is 0 Å². The van der Waals surface area contributed by atoms with Crippen molar-refractivity contribution in [2.24, 2.45) is 11.7 Å². The summed E-state index contributed by atoms with van der Waals surface area (Å²) in [5.41, 5.74) is 7.06. The molecule has 1 aromatic rings. The maximum Gasteiger partial charge on any atom is 0.229 e. The van der Waals surface area contributed by atoms with Gasteiger partial charge in [-0.2, -0.15) is 0 Å². The second kappa shape index (κ2) is 5.67. The van der Waals surface area contributed by atoms with E-state index in [9.17, 15) is 4.79 Å². The van der Waals surface area contributed by atoms with Gasteiger partial charge < -0.3 is 15.5 Å². The maximum absolute atomic E-state index is 12.4. The van der Waals surface area contributed by atoms with Crippen molar-refractivity contribution in [2.75, 3.05) is 31.1 Å². The third kappa shape index (κ3) is 2.70. The number of hydrogen-bond acceptors (Lipinski definition) is 3. The average molecular weight is 271 g/mol. The minimum atomic E-state index is -0.00623. The zero-order valence-corrected chi connectivity index (χ0v) is 11.6. The number of amides is 1. The van der Waals surface area contributed by atoms with Crippen LogP contribution in [0.1, 0.15) is 6.42 Å². The number of carbonyl (C=O) groups is 1. The first kappa shape index (κ1) is 13.2. The lowest BCUT2D eigenvalue weighted by molar-refractivity contribution is -0.134. The van der Waals surface area contributed by atoms with Crippen molar-refractivity contribution in [3.63, 3.8) is 0 Å². The van der Waals surface area contributed by atoms with Crippen molar-refractivity contribution in [1.29, 1.82) is 0 Å². The Balaban J connectivity index is 1.56. The van der Waals surface area contributed by atoms with Gasteiger partial charge >= 0.3 is 0 Å². The summed E-state index contributed by atoms with van der Waals surface area (Å²) in [5.74, 6) is 0.232. The second-order valence-electron chi connectivity index (χ2n) is 5.54. The quantitative estimate of drug-likeness (QED) is 0.823. The van der Waals surface area contributed by atoms with Crippen molar-refractivity contribution in [3.05, 3.63) is 42.5 Å². The summed E-state index contributed by atoms with van der Waals surface area (Å²) in [6.07, 6.45) is 4.68. The Hall–Kier alpha value is -1.81. The van der Waals surface area contributed by atoms with Crippen molar-refractivity contribution >= 4 is 11.6 Å². The predicted molar refractivity (Wildman–Crippen MR) is 80.5 cm³/mol. The molecular weight excluding hydrogens is 250 g/mol. The van der Waals surface area contributed by atoms with Gasteiger partial charge in [0.25, 0.3) is 0 Å². The van der Waals surface area contributed by atoms with Crippen LogP contribution in [0.15, 0.2) is 42.5 Å². The third-order valence-corrected chi connectivity index (χ3v) is 4.15. The van der Waals surface area contributed by atoms with Crippen LogP contribution in [0.3, 0.4) is 0 Å². The molecule has 0 bridgehead atoms. The second-order valence-corrected chi connectivity index (χ2v) is 5.54. The number of nitrogens with two attached hydrogens (primary N) is 1. The largest absolute Gasteiger partial charge is 0.368 e. The fourth-order valence-electron chi connectivity index (χ4n) is 2.97. The molecule has 1 fully saturated rings. The SMILES string of the molecule is NC1C=CC(C(=O)N2CCN(c3ccccc3)CC2)C1. The van der Waals surface area contributed by atoms with Crippen LogP contribution in [-0.4, -0.2) is 43.0 Å². The predicted octanol–water partition coefficient (Wildman–Crippen LogP) is 1.24. The number of anilines is 1. The van der Waals surface area contributed by atoms with Crippen molar-refractivity contribution in [2.45, 2.75) is 12.5 Å². The Morgan fingerprint density at radius 3 is 2.35 bits per heavy atom. The Labute approximate surface area is 119 Å². The Morgan fingerprint density at radius 2 is 1.75 bits per heavy atom. The lowest BCUT2D eigenvalue weighted by atomic mass is 10.1. The van der Waals surface area contributed by atoms with E-state index in [1.54, 1.807) is 0 Å². The average Bonchev–Trinajstić information content (AvgIpc) is 2.94. The molecule has 0 radical (unpaired) electrons. The summed E-state index contributed by atoms with van der Waals surface area (Å²) in [6, 6.07) is 10.4.